The van der Waals surface area contributed by atoms with Crippen molar-refractivity contribution >= 4 is 6.08 Å². The van der Waals surface area contributed by atoms with Crippen LogP contribution < -0.4 is 14.2 Å². The number of unbranched alkanes of at least 4 members (excludes halogenated alkanes) is 2. The number of halogens is 3. The fraction of sp³-hybridized carbons (Fsp3) is 0.615. The summed E-state index contributed by atoms with van der Waals surface area (Å²) in [5.41, 5.74) is 0.845. The van der Waals surface area contributed by atoms with Crippen LogP contribution in [0.15, 0.2) is 17.3 Å². The first-order valence-corrected chi connectivity index (χ1v) is 11.5. The van der Waals surface area contributed by atoms with Gasteiger partial charge in [0.1, 0.15) is 16.9 Å². The van der Waals surface area contributed by atoms with E-state index in [1.807, 2.05) is 46.7 Å². The molecule has 1 aliphatic rings. The standard InChI is InChI=1S/C26H38F3NO3/c1-9-10-11-14-18-21(26(27,28)29)22(31-7)19-16-20(30(5)6)25(4,15-12-13-17(2)3)33-24(19)23(18)32-8/h13,16H,9-12,14-15H2,1-8H3. The first kappa shape index (κ1) is 26.9. The Morgan fingerprint density at radius 2 is 1.76 bits per heavy atom. The minimum absolute atomic E-state index is 0.0994. The van der Waals surface area contributed by atoms with Gasteiger partial charge in [0.15, 0.2) is 11.5 Å². The van der Waals surface area contributed by atoms with E-state index in [-0.39, 0.29) is 29.0 Å². The number of rotatable bonds is 10. The van der Waals surface area contributed by atoms with Gasteiger partial charge >= 0.3 is 6.18 Å². The minimum Gasteiger partial charge on any atom is -0.495 e. The van der Waals surface area contributed by atoms with Crippen LogP contribution in [0.3, 0.4) is 0 Å². The summed E-state index contributed by atoms with van der Waals surface area (Å²) in [4.78, 5) is 1.89. The topological polar surface area (TPSA) is 30.9 Å². The molecule has 7 heteroatoms. The summed E-state index contributed by atoms with van der Waals surface area (Å²) in [6.07, 6.45) is 3.33. The lowest BCUT2D eigenvalue weighted by Crippen LogP contribution is -2.42. The van der Waals surface area contributed by atoms with Gasteiger partial charge in [-0.25, -0.2) is 0 Å². The van der Waals surface area contributed by atoms with Crippen LogP contribution in [0.25, 0.3) is 6.08 Å². The highest BCUT2D eigenvalue weighted by molar-refractivity contribution is 5.77. The van der Waals surface area contributed by atoms with E-state index in [2.05, 4.69) is 6.08 Å². The van der Waals surface area contributed by atoms with Crippen LogP contribution >= 0.6 is 0 Å². The molecular weight excluding hydrogens is 431 g/mol. The third kappa shape index (κ3) is 5.79. The highest BCUT2D eigenvalue weighted by atomic mass is 19.4. The van der Waals surface area contributed by atoms with Gasteiger partial charge in [0.05, 0.1) is 25.5 Å². The molecule has 1 aromatic rings. The molecule has 0 aliphatic carbocycles. The predicted octanol–water partition coefficient (Wildman–Crippen LogP) is 7.26. The zero-order valence-corrected chi connectivity index (χ0v) is 21.2. The monoisotopic (exact) mass is 469 g/mol. The number of hydrogen-bond donors (Lipinski definition) is 0. The van der Waals surface area contributed by atoms with E-state index in [1.165, 1.54) is 19.8 Å². The third-order valence-electron chi connectivity index (χ3n) is 6.03. The maximum absolute atomic E-state index is 14.3. The fourth-order valence-corrected chi connectivity index (χ4v) is 4.48. The van der Waals surface area contributed by atoms with Gasteiger partial charge in [-0.3, -0.25) is 0 Å². The average Bonchev–Trinajstić information content (AvgIpc) is 2.70. The number of allylic oxidation sites excluding steroid dienone is 2. The largest absolute Gasteiger partial charge is 0.495 e. The zero-order chi connectivity index (χ0) is 25.0. The third-order valence-corrected chi connectivity index (χ3v) is 6.03. The number of alkyl halides is 3. The second-order valence-electron chi connectivity index (χ2n) is 9.19. The molecule has 1 aromatic carbocycles. The van der Waals surface area contributed by atoms with Crippen LogP contribution in [0.4, 0.5) is 13.2 Å². The van der Waals surface area contributed by atoms with Gasteiger partial charge in [-0.05, 0) is 52.5 Å². The molecule has 33 heavy (non-hydrogen) atoms. The average molecular weight is 470 g/mol. The molecule has 0 fully saturated rings. The van der Waals surface area contributed by atoms with E-state index < -0.39 is 17.3 Å². The number of fused-ring (bicyclic) bond motifs is 1. The van der Waals surface area contributed by atoms with Gasteiger partial charge in [-0.15, -0.1) is 0 Å². The number of likely N-dealkylation sites (N-methyl/N-ethyl adjacent to an activating group) is 1. The van der Waals surface area contributed by atoms with Crippen molar-refractivity contribution in [1.29, 1.82) is 0 Å². The van der Waals surface area contributed by atoms with Crippen molar-refractivity contribution < 1.29 is 27.4 Å². The summed E-state index contributed by atoms with van der Waals surface area (Å²) in [5.74, 6) is 0.256. The van der Waals surface area contributed by atoms with Gasteiger partial charge in [-0.2, -0.15) is 13.2 Å². The molecule has 1 unspecified atom stereocenters. The molecule has 0 bridgehead atoms. The van der Waals surface area contributed by atoms with Crippen molar-refractivity contribution in [2.45, 2.75) is 78.0 Å². The number of hydrogen-bond acceptors (Lipinski definition) is 4. The molecule has 1 aliphatic heterocycles. The van der Waals surface area contributed by atoms with Gasteiger partial charge in [0.2, 0.25) is 0 Å². The van der Waals surface area contributed by atoms with Gasteiger partial charge in [0.25, 0.3) is 0 Å². The number of ether oxygens (including phenoxy) is 3. The first-order valence-electron chi connectivity index (χ1n) is 11.5. The second-order valence-corrected chi connectivity index (χ2v) is 9.19. The predicted molar refractivity (Wildman–Crippen MR) is 127 cm³/mol. The fourth-order valence-electron chi connectivity index (χ4n) is 4.48. The lowest BCUT2D eigenvalue weighted by atomic mass is 9.87. The Labute approximate surface area is 196 Å². The Balaban J connectivity index is 2.81. The Morgan fingerprint density at radius 1 is 1.12 bits per heavy atom. The Morgan fingerprint density at radius 3 is 2.24 bits per heavy atom. The van der Waals surface area contributed by atoms with E-state index in [0.29, 0.717) is 18.6 Å². The summed E-state index contributed by atoms with van der Waals surface area (Å²) in [6.45, 7) is 8.07. The normalized spacial score (nSPS) is 17.6. The van der Waals surface area contributed by atoms with E-state index >= 15 is 0 Å². The highest BCUT2D eigenvalue weighted by Gasteiger charge is 2.45. The van der Waals surface area contributed by atoms with Crippen molar-refractivity contribution in [3.63, 3.8) is 0 Å². The Hall–Kier alpha value is -2.31. The number of nitrogens with zero attached hydrogens (tertiary/aromatic N) is 1. The van der Waals surface area contributed by atoms with E-state index in [1.54, 1.807) is 6.08 Å². The van der Waals surface area contributed by atoms with Crippen molar-refractivity contribution in [3.05, 3.63) is 34.0 Å². The van der Waals surface area contributed by atoms with Crippen molar-refractivity contribution in [1.82, 2.24) is 4.90 Å². The van der Waals surface area contributed by atoms with Crippen molar-refractivity contribution in [3.8, 4) is 17.2 Å². The molecule has 1 heterocycles. The molecule has 2 rings (SSSR count). The molecule has 4 nitrogen and oxygen atoms in total. The van der Waals surface area contributed by atoms with E-state index in [4.69, 9.17) is 14.2 Å². The highest BCUT2D eigenvalue weighted by Crippen LogP contribution is 2.54. The van der Waals surface area contributed by atoms with Crippen LogP contribution in [0, 0.1) is 0 Å². The minimum atomic E-state index is -4.59. The van der Waals surface area contributed by atoms with Gasteiger partial charge in [-0.1, -0.05) is 31.4 Å². The molecule has 0 amide bonds. The number of methoxy groups -OCH3 is 2. The Bertz CT molecular complexity index is 899. The molecule has 0 N–H and O–H groups in total. The second kappa shape index (κ2) is 10.7. The summed E-state index contributed by atoms with van der Waals surface area (Å²) in [6, 6.07) is 0. The molecule has 0 aromatic heterocycles. The molecular formula is C26H38F3NO3. The maximum atomic E-state index is 14.3. The molecule has 1 atom stereocenters. The smallest absolute Gasteiger partial charge is 0.420 e. The number of benzene rings is 1. The molecule has 0 spiro atoms. The summed E-state index contributed by atoms with van der Waals surface area (Å²) in [5, 5.41) is 0. The van der Waals surface area contributed by atoms with Crippen LogP contribution in [-0.2, 0) is 12.6 Å². The molecule has 0 saturated heterocycles. The van der Waals surface area contributed by atoms with Crippen LogP contribution in [0.2, 0.25) is 0 Å². The van der Waals surface area contributed by atoms with Crippen LogP contribution in [0.5, 0.6) is 17.2 Å². The molecule has 186 valence electrons. The van der Waals surface area contributed by atoms with Crippen molar-refractivity contribution in [2.24, 2.45) is 0 Å². The lowest BCUT2D eigenvalue weighted by molar-refractivity contribution is -0.139. The zero-order valence-electron chi connectivity index (χ0n) is 21.2. The summed E-state index contributed by atoms with van der Waals surface area (Å²) < 4.78 is 60.5. The SMILES string of the molecule is CCCCCc1c(OC)c2c(c(OC)c1C(F)(F)F)C=C(N(C)C)C(C)(CCC=C(C)C)O2. The van der Waals surface area contributed by atoms with Crippen LogP contribution in [0.1, 0.15) is 76.5 Å². The van der Waals surface area contributed by atoms with Crippen molar-refractivity contribution in [2.75, 3.05) is 28.3 Å². The first-order chi connectivity index (χ1) is 15.4. The quantitative estimate of drug-likeness (QED) is 0.267. The van der Waals surface area contributed by atoms with E-state index in [0.717, 1.165) is 25.0 Å². The lowest BCUT2D eigenvalue weighted by Gasteiger charge is -2.41. The molecule has 0 saturated carbocycles. The van der Waals surface area contributed by atoms with Gasteiger partial charge < -0.3 is 19.1 Å². The van der Waals surface area contributed by atoms with Crippen LogP contribution in [-0.4, -0.2) is 38.8 Å². The summed E-state index contributed by atoms with van der Waals surface area (Å²) in [7, 11) is 6.42. The maximum Gasteiger partial charge on any atom is 0.420 e. The summed E-state index contributed by atoms with van der Waals surface area (Å²) >= 11 is 0. The Kier molecular flexibility index (Phi) is 8.77. The van der Waals surface area contributed by atoms with E-state index in [9.17, 15) is 13.2 Å². The molecule has 0 radical (unpaired) electrons. The van der Waals surface area contributed by atoms with Gasteiger partial charge in [0, 0.05) is 19.7 Å².